The van der Waals surface area contributed by atoms with Crippen molar-refractivity contribution in [3.63, 3.8) is 0 Å². The SMILES string of the molecule is CC(Nc1cccc(Cl)c1)=C1C(=O)Nc2ccc(N)cc21. The molecule has 106 valence electrons. The molecule has 0 spiro atoms. The molecular formula is C16H14ClN3O. The van der Waals surface area contributed by atoms with Gasteiger partial charge in [0.15, 0.2) is 0 Å². The van der Waals surface area contributed by atoms with Crippen LogP contribution in [0.5, 0.6) is 0 Å². The number of anilines is 3. The summed E-state index contributed by atoms with van der Waals surface area (Å²) in [4.78, 5) is 12.2. The average molecular weight is 300 g/mol. The standard InChI is InChI=1S/C16H14ClN3O/c1-9(19-12-4-2-3-10(17)7-12)15-13-8-11(18)5-6-14(13)20-16(15)21/h2-8,19H,18H2,1H3,(H,20,21). The van der Waals surface area contributed by atoms with Crippen molar-refractivity contribution in [3.8, 4) is 0 Å². The summed E-state index contributed by atoms with van der Waals surface area (Å²) < 4.78 is 0. The van der Waals surface area contributed by atoms with Gasteiger partial charge in [-0.25, -0.2) is 0 Å². The number of carbonyl (C=O) groups excluding carboxylic acids is 1. The van der Waals surface area contributed by atoms with Crippen molar-refractivity contribution in [1.82, 2.24) is 0 Å². The van der Waals surface area contributed by atoms with Crippen molar-refractivity contribution in [2.24, 2.45) is 0 Å². The van der Waals surface area contributed by atoms with Crippen molar-refractivity contribution in [3.05, 3.63) is 58.7 Å². The third-order valence-corrected chi connectivity index (χ3v) is 3.55. The van der Waals surface area contributed by atoms with Crippen molar-refractivity contribution < 1.29 is 4.79 Å². The Hall–Kier alpha value is -2.46. The Morgan fingerprint density at radius 3 is 2.81 bits per heavy atom. The van der Waals surface area contributed by atoms with E-state index in [1.807, 2.05) is 25.1 Å². The van der Waals surface area contributed by atoms with Crippen LogP contribution in [0.3, 0.4) is 0 Å². The van der Waals surface area contributed by atoms with E-state index in [0.29, 0.717) is 16.3 Å². The maximum atomic E-state index is 12.2. The second-order valence-corrected chi connectivity index (χ2v) is 5.33. The Labute approximate surface area is 127 Å². The third-order valence-electron chi connectivity index (χ3n) is 3.32. The minimum Gasteiger partial charge on any atom is -0.399 e. The molecule has 0 radical (unpaired) electrons. The maximum absolute atomic E-state index is 12.2. The number of nitrogens with one attached hydrogen (secondary N) is 2. The number of fused-ring (bicyclic) bond motifs is 1. The Bertz CT molecular complexity index is 768. The summed E-state index contributed by atoms with van der Waals surface area (Å²) in [6.07, 6.45) is 0. The van der Waals surface area contributed by atoms with Gasteiger partial charge in [0.1, 0.15) is 0 Å². The minimum absolute atomic E-state index is 0.136. The fourth-order valence-electron chi connectivity index (χ4n) is 2.40. The molecule has 1 aliphatic heterocycles. The molecule has 5 heteroatoms. The lowest BCUT2D eigenvalue weighted by molar-refractivity contribution is -0.110. The van der Waals surface area contributed by atoms with Crippen LogP contribution in [0.4, 0.5) is 17.1 Å². The van der Waals surface area contributed by atoms with Gasteiger partial charge in [0.2, 0.25) is 0 Å². The van der Waals surface area contributed by atoms with E-state index in [4.69, 9.17) is 17.3 Å². The number of nitrogen functional groups attached to an aromatic ring is 1. The predicted octanol–water partition coefficient (Wildman–Crippen LogP) is 3.72. The lowest BCUT2D eigenvalue weighted by atomic mass is 10.0. The van der Waals surface area contributed by atoms with E-state index in [0.717, 1.165) is 22.6 Å². The van der Waals surface area contributed by atoms with Crippen LogP contribution in [0.1, 0.15) is 12.5 Å². The second kappa shape index (κ2) is 5.14. The molecule has 2 aromatic carbocycles. The van der Waals surface area contributed by atoms with Crippen LogP contribution >= 0.6 is 11.6 Å². The molecule has 4 N–H and O–H groups in total. The number of nitrogens with two attached hydrogens (primary N) is 1. The highest BCUT2D eigenvalue weighted by Gasteiger charge is 2.26. The summed E-state index contributed by atoms with van der Waals surface area (Å²) in [6, 6.07) is 12.7. The summed E-state index contributed by atoms with van der Waals surface area (Å²) in [5.74, 6) is -0.136. The van der Waals surface area contributed by atoms with Gasteiger partial charge in [0.05, 0.1) is 5.57 Å². The Balaban J connectivity index is 2.02. The molecule has 1 amide bonds. The van der Waals surface area contributed by atoms with Crippen molar-refractivity contribution in [2.45, 2.75) is 6.92 Å². The number of hydrogen-bond donors (Lipinski definition) is 3. The van der Waals surface area contributed by atoms with Crippen molar-refractivity contribution in [2.75, 3.05) is 16.4 Å². The lowest BCUT2D eigenvalue weighted by Gasteiger charge is -2.10. The zero-order valence-corrected chi connectivity index (χ0v) is 12.2. The van der Waals surface area contributed by atoms with Gasteiger partial charge in [0, 0.05) is 33.3 Å². The molecule has 0 bridgehead atoms. The molecule has 0 aromatic heterocycles. The van der Waals surface area contributed by atoms with Gasteiger partial charge in [-0.05, 0) is 43.3 Å². The summed E-state index contributed by atoms with van der Waals surface area (Å²) in [7, 11) is 0. The lowest BCUT2D eigenvalue weighted by Crippen LogP contribution is -2.08. The van der Waals surface area contributed by atoms with E-state index >= 15 is 0 Å². The molecular weight excluding hydrogens is 286 g/mol. The summed E-state index contributed by atoms with van der Waals surface area (Å²) in [5.41, 5.74) is 10.2. The summed E-state index contributed by atoms with van der Waals surface area (Å²) in [5, 5.41) is 6.68. The largest absolute Gasteiger partial charge is 0.399 e. The number of amides is 1. The predicted molar refractivity (Wildman–Crippen MR) is 87.2 cm³/mol. The smallest absolute Gasteiger partial charge is 0.258 e. The minimum atomic E-state index is -0.136. The monoisotopic (exact) mass is 299 g/mol. The first-order chi connectivity index (χ1) is 10.0. The van der Waals surface area contributed by atoms with Gasteiger partial charge in [0.25, 0.3) is 5.91 Å². The number of rotatable bonds is 2. The van der Waals surface area contributed by atoms with E-state index in [2.05, 4.69) is 10.6 Å². The van der Waals surface area contributed by atoms with E-state index < -0.39 is 0 Å². The highest BCUT2D eigenvalue weighted by atomic mass is 35.5. The topological polar surface area (TPSA) is 67.2 Å². The quantitative estimate of drug-likeness (QED) is 0.585. The fraction of sp³-hybridized carbons (Fsp3) is 0.0625. The number of halogens is 1. The molecule has 2 aromatic rings. The first-order valence-electron chi connectivity index (χ1n) is 6.49. The zero-order chi connectivity index (χ0) is 15.0. The number of hydrogen-bond acceptors (Lipinski definition) is 3. The van der Waals surface area contributed by atoms with Gasteiger partial charge in [-0.2, -0.15) is 0 Å². The van der Waals surface area contributed by atoms with Crippen LogP contribution in [-0.4, -0.2) is 5.91 Å². The fourth-order valence-corrected chi connectivity index (χ4v) is 2.59. The van der Waals surface area contributed by atoms with Crippen molar-refractivity contribution >= 4 is 40.1 Å². The van der Waals surface area contributed by atoms with Gasteiger partial charge in [-0.15, -0.1) is 0 Å². The molecule has 1 heterocycles. The summed E-state index contributed by atoms with van der Waals surface area (Å²) in [6.45, 7) is 1.86. The van der Waals surface area contributed by atoms with Crippen LogP contribution in [-0.2, 0) is 4.79 Å². The molecule has 0 saturated carbocycles. The average Bonchev–Trinajstić information content (AvgIpc) is 2.74. The van der Waals surface area contributed by atoms with Gasteiger partial charge in [-0.3, -0.25) is 4.79 Å². The van der Waals surface area contributed by atoms with Crippen LogP contribution in [0.2, 0.25) is 5.02 Å². The second-order valence-electron chi connectivity index (χ2n) is 4.89. The van der Waals surface area contributed by atoms with Gasteiger partial charge < -0.3 is 16.4 Å². The molecule has 3 rings (SSSR count). The number of carbonyl (C=O) groups is 1. The van der Waals surface area contributed by atoms with Crippen LogP contribution in [0.15, 0.2) is 48.2 Å². The first kappa shape index (κ1) is 13.5. The molecule has 0 aliphatic carbocycles. The van der Waals surface area contributed by atoms with Crippen LogP contribution < -0.4 is 16.4 Å². The number of benzene rings is 2. The molecule has 0 fully saturated rings. The summed E-state index contributed by atoms with van der Waals surface area (Å²) >= 11 is 5.97. The molecule has 4 nitrogen and oxygen atoms in total. The van der Waals surface area contributed by atoms with E-state index in [-0.39, 0.29) is 5.91 Å². The zero-order valence-electron chi connectivity index (χ0n) is 11.4. The normalized spacial score (nSPS) is 15.4. The van der Waals surface area contributed by atoms with E-state index in [9.17, 15) is 4.79 Å². The maximum Gasteiger partial charge on any atom is 0.258 e. The van der Waals surface area contributed by atoms with Gasteiger partial charge >= 0.3 is 0 Å². The molecule has 0 saturated heterocycles. The van der Waals surface area contributed by atoms with Gasteiger partial charge in [-0.1, -0.05) is 17.7 Å². The van der Waals surface area contributed by atoms with Crippen LogP contribution in [0.25, 0.3) is 5.57 Å². The molecule has 0 atom stereocenters. The third kappa shape index (κ3) is 2.58. The Kier molecular flexibility index (Phi) is 3.31. The number of allylic oxidation sites excluding steroid dienone is 1. The van der Waals surface area contributed by atoms with Crippen LogP contribution in [0, 0.1) is 0 Å². The Morgan fingerprint density at radius 2 is 2.05 bits per heavy atom. The highest BCUT2D eigenvalue weighted by Crippen LogP contribution is 2.35. The highest BCUT2D eigenvalue weighted by molar-refractivity contribution is 6.32. The van der Waals surface area contributed by atoms with E-state index in [1.54, 1.807) is 24.3 Å². The van der Waals surface area contributed by atoms with Crippen molar-refractivity contribution in [1.29, 1.82) is 0 Å². The molecule has 1 aliphatic rings. The molecule has 0 unspecified atom stereocenters. The first-order valence-corrected chi connectivity index (χ1v) is 6.87. The van der Waals surface area contributed by atoms with E-state index in [1.165, 1.54) is 0 Å². The molecule has 21 heavy (non-hydrogen) atoms. The Morgan fingerprint density at radius 1 is 1.24 bits per heavy atom.